The van der Waals surface area contributed by atoms with Crippen LogP contribution in [0.2, 0.25) is 0 Å². The molecule has 0 radical (unpaired) electrons. The number of rotatable bonds is 8. The summed E-state index contributed by atoms with van der Waals surface area (Å²) in [5, 5.41) is 9.75. The van der Waals surface area contributed by atoms with Crippen LogP contribution >= 0.6 is 0 Å². The molecule has 0 bridgehead atoms. The van der Waals surface area contributed by atoms with Gasteiger partial charge in [-0.1, -0.05) is 31.2 Å². The molecule has 40 heavy (non-hydrogen) atoms. The zero-order valence-electron chi connectivity index (χ0n) is 24.5. The molecule has 1 unspecified atom stereocenters. The number of nitrogens with zero attached hydrogens (tertiary/aromatic N) is 2. The summed E-state index contributed by atoms with van der Waals surface area (Å²) >= 11 is 0. The number of fused-ring (bicyclic) bond motifs is 1. The highest BCUT2D eigenvalue weighted by Crippen LogP contribution is 2.48. The van der Waals surface area contributed by atoms with Crippen LogP contribution in [0, 0.1) is 24.6 Å². The first-order valence-corrected chi connectivity index (χ1v) is 14.4. The highest BCUT2D eigenvalue weighted by molar-refractivity contribution is 5.71. The van der Waals surface area contributed by atoms with Gasteiger partial charge in [0.25, 0.3) is 0 Å². The molecule has 212 valence electrons. The summed E-state index contributed by atoms with van der Waals surface area (Å²) in [5.41, 5.74) is 6.57. The molecule has 1 fully saturated rings. The second kappa shape index (κ2) is 11.0. The number of hydrogen-bond acceptors (Lipinski definition) is 4. The number of aliphatic carboxylic acids is 1. The number of carboxylic acids is 1. The Hall–Kier alpha value is -3.25. The monoisotopic (exact) mass is 544 g/mol. The predicted octanol–water partition coefficient (Wildman–Crippen LogP) is 7.71. The highest BCUT2D eigenvalue weighted by Gasteiger charge is 2.39. The first-order chi connectivity index (χ1) is 18.9. The second-order valence-electron chi connectivity index (χ2n) is 12.7. The minimum Gasteiger partial charge on any atom is -0.485 e. The van der Waals surface area contributed by atoms with Crippen molar-refractivity contribution >= 4 is 5.97 Å². The lowest BCUT2D eigenvalue weighted by molar-refractivity contribution is -0.142. The Morgan fingerprint density at radius 1 is 1.15 bits per heavy atom. The van der Waals surface area contributed by atoms with Gasteiger partial charge in [0.2, 0.25) is 0 Å². The molecule has 1 N–H and O–H groups in total. The number of pyridine rings is 1. The van der Waals surface area contributed by atoms with Crippen molar-refractivity contribution in [2.45, 2.75) is 84.4 Å². The van der Waals surface area contributed by atoms with Crippen LogP contribution in [0.25, 0.3) is 11.1 Å². The Morgan fingerprint density at radius 3 is 2.58 bits per heavy atom. The van der Waals surface area contributed by atoms with Crippen LogP contribution in [0.3, 0.4) is 0 Å². The van der Waals surface area contributed by atoms with Crippen LogP contribution in [0.1, 0.15) is 86.9 Å². The molecule has 6 heteroatoms. The molecule has 1 aliphatic carbocycles. The molecule has 5 nitrogen and oxygen atoms in total. The first-order valence-electron chi connectivity index (χ1n) is 14.4. The molecule has 2 heterocycles. The molecule has 1 saturated carbocycles. The van der Waals surface area contributed by atoms with Gasteiger partial charge in [0.1, 0.15) is 17.7 Å². The van der Waals surface area contributed by atoms with E-state index in [1.54, 1.807) is 6.07 Å². The molecule has 1 aliphatic heterocycles. The smallest absolute Gasteiger partial charge is 0.306 e. The lowest BCUT2D eigenvalue weighted by Crippen LogP contribution is -2.37. The summed E-state index contributed by atoms with van der Waals surface area (Å²) in [6.45, 7) is 11.0. The van der Waals surface area contributed by atoms with E-state index in [-0.39, 0.29) is 23.4 Å². The van der Waals surface area contributed by atoms with Gasteiger partial charge in [-0.2, -0.15) is 0 Å². The summed E-state index contributed by atoms with van der Waals surface area (Å²) in [5.74, 6) is -0.235. The van der Waals surface area contributed by atoms with E-state index in [9.17, 15) is 14.3 Å². The topological polar surface area (TPSA) is 62.7 Å². The standard InChI is InChI=1S/C34H41FN2O3/c1-20-15-28(29(35)18-36-20)24-11-13-27(26(16-24)19-37(6)34(3,4)5)30-14-12-22-7-10-25(17-31(22)40-30)32(23-8-9-23)21(2)33(38)39/h7,10-11,13,15-18,21,23,30,32H,8-9,12,14,19H2,1-6H3,(H,38,39)/t21-,30?,32-/m0/s1. The third-order valence-corrected chi connectivity index (χ3v) is 8.82. The van der Waals surface area contributed by atoms with Crippen LogP contribution < -0.4 is 4.74 Å². The number of ether oxygens (including phenoxy) is 1. The fraction of sp³-hybridized carbons (Fsp3) is 0.471. The Labute approximate surface area is 237 Å². The first kappa shape index (κ1) is 28.3. The van der Waals surface area contributed by atoms with Crippen molar-refractivity contribution < 1.29 is 19.0 Å². The maximum absolute atomic E-state index is 14.8. The Morgan fingerprint density at radius 2 is 1.90 bits per heavy atom. The van der Waals surface area contributed by atoms with E-state index < -0.39 is 11.9 Å². The molecule has 2 aliphatic rings. The van der Waals surface area contributed by atoms with Gasteiger partial charge in [-0.25, -0.2) is 4.39 Å². The summed E-state index contributed by atoms with van der Waals surface area (Å²) in [4.78, 5) is 18.3. The molecule has 2 aromatic carbocycles. The van der Waals surface area contributed by atoms with E-state index in [1.165, 1.54) is 6.20 Å². The van der Waals surface area contributed by atoms with Crippen molar-refractivity contribution in [2.75, 3.05) is 7.05 Å². The van der Waals surface area contributed by atoms with Crippen LogP contribution in [0.5, 0.6) is 5.75 Å². The molecule has 1 aromatic heterocycles. The fourth-order valence-corrected chi connectivity index (χ4v) is 5.87. The molecular formula is C34H41FN2O3. The lowest BCUT2D eigenvalue weighted by atomic mass is 9.82. The molecule has 0 amide bonds. The summed E-state index contributed by atoms with van der Waals surface area (Å²) in [6.07, 6.45) is 5.04. The Balaban J connectivity index is 1.50. The maximum atomic E-state index is 14.8. The van der Waals surface area contributed by atoms with Gasteiger partial charge in [0, 0.05) is 23.3 Å². The number of hydrogen-bond donors (Lipinski definition) is 1. The molecule has 0 spiro atoms. The van der Waals surface area contributed by atoms with Crippen LogP contribution in [-0.4, -0.2) is 33.5 Å². The number of aryl methyl sites for hydroxylation is 2. The number of carbonyl (C=O) groups is 1. The maximum Gasteiger partial charge on any atom is 0.306 e. The minimum absolute atomic E-state index is 0.000714. The van der Waals surface area contributed by atoms with Gasteiger partial charge in [-0.05, 0) is 118 Å². The molecule has 3 atom stereocenters. The van der Waals surface area contributed by atoms with E-state index in [2.05, 4.69) is 68.0 Å². The number of aromatic nitrogens is 1. The lowest BCUT2D eigenvalue weighted by Gasteiger charge is -2.34. The fourth-order valence-electron chi connectivity index (χ4n) is 5.87. The van der Waals surface area contributed by atoms with Crippen molar-refractivity contribution in [1.29, 1.82) is 0 Å². The molecule has 5 rings (SSSR count). The van der Waals surface area contributed by atoms with E-state index in [4.69, 9.17) is 4.74 Å². The normalized spacial score (nSPS) is 18.6. The van der Waals surface area contributed by atoms with Crippen molar-refractivity contribution in [3.63, 3.8) is 0 Å². The number of halogens is 1. The quantitative estimate of drug-likeness (QED) is 0.315. The van der Waals surface area contributed by atoms with Gasteiger partial charge in [-0.3, -0.25) is 14.7 Å². The predicted molar refractivity (Wildman–Crippen MR) is 156 cm³/mol. The van der Waals surface area contributed by atoms with Gasteiger partial charge in [-0.15, -0.1) is 0 Å². The number of benzene rings is 2. The van der Waals surface area contributed by atoms with Crippen LogP contribution in [-0.2, 0) is 17.8 Å². The van der Waals surface area contributed by atoms with Crippen molar-refractivity contribution in [3.8, 4) is 16.9 Å². The van der Waals surface area contributed by atoms with Gasteiger partial charge in [0.05, 0.1) is 12.1 Å². The summed E-state index contributed by atoms with van der Waals surface area (Å²) < 4.78 is 21.5. The van der Waals surface area contributed by atoms with Gasteiger partial charge in [0.15, 0.2) is 0 Å². The average molecular weight is 545 g/mol. The van der Waals surface area contributed by atoms with E-state index in [0.717, 1.165) is 64.9 Å². The van der Waals surface area contributed by atoms with Gasteiger partial charge >= 0.3 is 5.97 Å². The second-order valence-corrected chi connectivity index (χ2v) is 12.7. The zero-order chi connectivity index (χ0) is 28.8. The van der Waals surface area contributed by atoms with E-state index >= 15 is 0 Å². The third kappa shape index (κ3) is 5.92. The Bertz CT molecular complexity index is 1410. The molecule has 3 aromatic rings. The molecular weight excluding hydrogens is 503 g/mol. The van der Waals surface area contributed by atoms with Gasteiger partial charge < -0.3 is 9.84 Å². The van der Waals surface area contributed by atoms with E-state index in [1.807, 2.05) is 19.9 Å². The summed E-state index contributed by atoms with van der Waals surface area (Å²) in [6, 6.07) is 14.3. The van der Waals surface area contributed by atoms with Crippen molar-refractivity contribution in [1.82, 2.24) is 9.88 Å². The SMILES string of the molecule is Cc1cc(-c2ccc(C3CCc4ccc([C@H](C5CC5)[C@H](C)C(=O)O)cc4O3)c(CN(C)C(C)(C)C)c2)c(F)cn1. The van der Waals surface area contributed by atoms with Crippen LogP contribution in [0.4, 0.5) is 4.39 Å². The average Bonchev–Trinajstić information content (AvgIpc) is 3.74. The largest absolute Gasteiger partial charge is 0.485 e. The molecule has 0 saturated heterocycles. The number of carboxylic acid groups (broad SMARTS) is 1. The Kier molecular flexibility index (Phi) is 7.75. The van der Waals surface area contributed by atoms with Crippen LogP contribution in [0.15, 0.2) is 48.7 Å². The zero-order valence-corrected chi connectivity index (χ0v) is 24.5. The van der Waals surface area contributed by atoms with E-state index in [0.29, 0.717) is 18.0 Å². The third-order valence-electron chi connectivity index (χ3n) is 8.82. The van der Waals surface area contributed by atoms with Crippen molar-refractivity contribution in [2.24, 2.45) is 11.8 Å². The van der Waals surface area contributed by atoms with Crippen molar-refractivity contribution in [3.05, 3.63) is 82.4 Å². The summed E-state index contributed by atoms with van der Waals surface area (Å²) in [7, 11) is 2.11. The highest BCUT2D eigenvalue weighted by atomic mass is 19.1. The minimum atomic E-state index is -0.748.